The first kappa shape index (κ1) is 27.4. The number of aliphatic carboxylic acids is 2. The highest BCUT2D eigenvalue weighted by atomic mass is 16.5. The summed E-state index contributed by atoms with van der Waals surface area (Å²) in [6, 6.07) is 6.26. The average molecular weight is 453 g/mol. The first-order valence-corrected chi connectivity index (χ1v) is 10.7. The molecule has 0 aliphatic carbocycles. The van der Waals surface area contributed by atoms with Crippen LogP contribution in [0.1, 0.15) is 45.2 Å². The molecule has 1 fully saturated rings. The number of β-amino-alcohol motifs (C(OH)–C–C–N with tert-alkyl or cyclic N) is 1. The number of carbonyl (C=O) groups is 3. The van der Waals surface area contributed by atoms with Crippen molar-refractivity contribution < 1.29 is 34.4 Å². The van der Waals surface area contributed by atoms with Crippen LogP contribution in [0.3, 0.4) is 0 Å². The molecule has 1 unspecified atom stereocenters. The lowest BCUT2D eigenvalue weighted by molar-refractivity contribution is -0.159. The Morgan fingerprint density at radius 1 is 1.06 bits per heavy atom. The van der Waals surface area contributed by atoms with Gasteiger partial charge in [-0.2, -0.15) is 0 Å². The average Bonchev–Trinajstić information content (AvgIpc) is 2.92. The normalized spacial score (nSPS) is 15.8. The molecule has 0 radical (unpaired) electrons. The minimum atomic E-state index is -1.82. The Kier molecular flexibility index (Phi) is 10.6. The fourth-order valence-electron chi connectivity index (χ4n) is 3.28. The molecule has 9 heteroatoms. The van der Waals surface area contributed by atoms with Crippen molar-refractivity contribution in [2.45, 2.75) is 52.6 Å². The Bertz CT molecular complexity index is 777. The summed E-state index contributed by atoms with van der Waals surface area (Å²) < 4.78 is 5.86. The van der Waals surface area contributed by atoms with Gasteiger partial charge in [-0.05, 0) is 42.5 Å². The number of aliphatic hydroxyl groups is 1. The van der Waals surface area contributed by atoms with Gasteiger partial charge in [0.2, 0.25) is 5.91 Å². The van der Waals surface area contributed by atoms with Gasteiger partial charge in [-0.15, -0.1) is 0 Å². The Morgan fingerprint density at radius 3 is 2.19 bits per heavy atom. The number of benzene rings is 1. The molecule has 9 nitrogen and oxygen atoms in total. The van der Waals surface area contributed by atoms with Crippen molar-refractivity contribution >= 4 is 17.8 Å². The molecule has 2 rings (SSSR count). The number of carboxylic acids is 2. The van der Waals surface area contributed by atoms with Gasteiger partial charge in [-0.1, -0.05) is 32.9 Å². The second-order valence-electron chi connectivity index (χ2n) is 8.97. The van der Waals surface area contributed by atoms with Crippen molar-refractivity contribution in [1.29, 1.82) is 0 Å². The van der Waals surface area contributed by atoms with Gasteiger partial charge in [-0.25, -0.2) is 9.59 Å². The summed E-state index contributed by atoms with van der Waals surface area (Å²) in [6.07, 6.45) is 0.404. The van der Waals surface area contributed by atoms with E-state index in [4.69, 9.17) is 24.5 Å². The van der Waals surface area contributed by atoms with Gasteiger partial charge in [-0.3, -0.25) is 9.69 Å². The topological polar surface area (TPSA) is 128 Å². The molecule has 0 spiro atoms. The van der Waals surface area contributed by atoms with Gasteiger partial charge < -0.3 is 25.0 Å². The fourth-order valence-corrected chi connectivity index (χ4v) is 3.28. The Labute approximate surface area is 189 Å². The minimum absolute atomic E-state index is 0.114. The zero-order valence-corrected chi connectivity index (χ0v) is 19.6. The number of hydrogen-bond donors (Lipinski definition) is 3. The summed E-state index contributed by atoms with van der Waals surface area (Å²) in [5, 5.41) is 25.1. The molecule has 1 aromatic rings. The molecule has 1 aromatic carbocycles. The monoisotopic (exact) mass is 452 g/mol. The van der Waals surface area contributed by atoms with Gasteiger partial charge >= 0.3 is 11.9 Å². The molecule has 1 aliphatic rings. The maximum atomic E-state index is 11.5. The van der Waals surface area contributed by atoms with Crippen LogP contribution in [0.2, 0.25) is 0 Å². The molecule has 1 aliphatic heterocycles. The first-order valence-electron chi connectivity index (χ1n) is 10.7. The van der Waals surface area contributed by atoms with Gasteiger partial charge in [0.1, 0.15) is 18.5 Å². The van der Waals surface area contributed by atoms with Crippen LogP contribution >= 0.6 is 0 Å². The zero-order valence-electron chi connectivity index (χ0n) is 19.6. The van der Waals surface area contributed by atoms with Crippen molar-refractivity contribution in [3.05, 3.63) is 29.3 Å². The van der Waals surface area contributed by atoms with Gasteiger partial charge in [0.15, 0.2) is 0 Å². The van der Waals surface area contributed by atoms with Crippen molar-refractivity contribution in [1.82, 2.24) is 9.80 Å². The number of carboxylic acid groups (broad SMARTS) is 2. The van der Waals surface area contributed by atoms with Gasteiger partial charge in [0.25, 0.3) is 0 Å². The molecule has 0 saturated carbocycles. The lowest BCUT2D eigenvalue weighted by Gasteiger charge is -2.24. The van der Waals surface area contributed by atoms with E-state index in [1.165, 1.54) is 5.56 Å². The molecule has 1 heterocycles. The van der Waals surface area contributed by atoms with E-state index in [1.54, 1.807) is 6.92 Å². The van der Waals surface area contributed by atoms with E-state index in [0.29, 0.717) is 6.54 Å². The number of aliphatic hydroxyl groups excluding tert-OH is 1. The predicted molar refractivity (Wildman–Crippen MR) is 120 cm³/mol. The Balaban J connectivity index is 0.000000751. The van der Waals surface area contributed by atoms with Crippen LogP contribution in [-0.4, -0.2) is 88.4 Å². The number of hydrogen-bond acceptors (Lipinski definition) is 6. The highest BCUT2D eigenvalue weighted by molar-refractivity contribution is 6.27. The molecule has 1 amide bonds. The standard InChI is InChI=1S/C21H34N2O3.C2H2O4/c1-16-13-18(21(3,4)5)7-8-20(16)26-15-19(25)14-22-9-6-10-23(12-11-22)17(2)24;3-1(4)2(5)6/h7-8,13,19,25H,6,9-12,14-15H2,1-5H3;(H,3,4)(H,5,6). The molecule has 0 bridgehead atoms. The second-order valence-corrected chi connectivity index (χ2v) is 8.97. The molecule has 180 valence electrons. The van der Waals surface area contributed by atoms with E-state index < -0.39 is 18.0 Å². The largest absolute Gasteiger partial charge is 0.491 e. The zero-order chi connectivity index (χ0) is 24.5. The Hall–Kier alpha value is -2.65. The van der Waals surface area contributed by atoms with Crippen molar-refractivity contribution in [3.63, 3.8) is 0 Å². The third kappa shape index (κ3) is 9.65. The summed E-state index contributed by atoms with van der Waals surface area (Å²) in [5.74, 6) is -2.69. The Morgan fingerprint density at radius 2 is 1.69 bits per heavy atom. The van der Waals surface area contributed by atoms with E-state index in [0.717, 1.165) is 43.9 Å². The summed E-state index contributed by atoms with van der Waals surface area (Å²) in [7, 11) is 0. The number of rotatable bonds is 5. The van der Waals surface area contributed by atoms with Crippen LogP contribution in [-0.2, 0) is 19.8 Å². The van der Waals surface area contributed by atoms with Crippen LogP contribution in [0.4, 0.5) is 0 Å². The predicted octanol–water partition coefficient (Wildman–Crippen LogP) is 1.74. The van der Waals surface area contributed by atoms with E-state index in [2.05, 4.69) is 37.8 Å². The van der Waals surface area contributed by atoms with Crippen molar-refractivity contribution in [3.8, 4) is 5.75 Å². The summed E-state index contributed by atoms with van der Waals surface area (Å²) in [6.45, 7) is 14.3. The van der Waals surface area contributed by atoms with Crippen molar-refractivity contribution in [2.75, 3.05) is 39.3 Å². The van der Waals surface area contributed by atoms with E-state index in [1.807, 2.05) is 17.9 Å². The van der Waals surface area contributed by atoms with E-state index in [-0.39, 0.29) is 17.9 Å². The molecule has 3 N–H and O–H groups in total. The number of carbonyl (C=O) groups excluding carboxylic acids is 1. The van der Waals surface area contributed by atoms with Crippen LogP contribution in [0.15, 0.2) is 18.2 Å². The SMILES string of the molecule is CC(=O)N1CCCN(CC(O)COc2ccc(C(C)(C)C)cc2C)CC1.O=C(O)C(=O)O. The lowest BCUT2D eigenvalue weighted by Crippen LogP contribution is -2.38. The lowest BCUT2D eigenvalue weighted by atomic mass is 9.86. The number of amides is 1. The van der Waals surface area contributed by atoms with Crippen LogP contribution in [0.5, 0.6) is 5.75 Å². The second kappa shape index (κ2) is 12.4. The van der Waals surface area contributed by atoms with Crippen LogP contribution in [0.25, 0.3) is 0 Å². The summed E-state index contributed by atoms with van der Waals surface area (Å²) >= 11 is 0. The van der Waals surface area contributed by atoms with Gasteiger partial charge in [0.05, 0.1) is 0 Å². The quantitative estimate of drug-likeness (QED) is 0.577. The number of ether oxygens (including phenoxy) is 1. The van der Waals surface area contributed by atoms with Gasteiger partial charge in [0, 0.05) is 33.1 Å². The summed E-state index contributed by atoms with van der Waals surface area (Å²) in [5.41, 5.74) is 2.49. The van der Waals surface area contributed by atoms with Crippen molar-refractivity contribution in [2.24, 2.45) is 0 Å². The molecule has 1 saturated heterocycles. The third-order valence-electron chi connectivity index (χ3n) is 5.16. The van der Waals surface area contributed by atoms with Crippen LogP contribution in [0, 0.1) is 6.92 Å². The molecule has 0 aromatic heterocycles. The first-order chi connectivity index (χ1) is 14.8. The molecular formula is C23H36N2O7. The highest BCUT2D eigenvalue weighted by Gasteiger charge is 2.19. The molecule has 32 heavy (non-hydrogen) atoms. The number of nitrogens with zero attached hydrogens (tertiary/aromatic N) is 2. The fraction of sp³-hybridized carbons (Fsp3) is 0.609. The van der Waals surface area contributed by atoms with E-state index >= 15 is 0 Å². The highest BCUT2D eigenvalue weighted by Crippen LogP contribution is 2.27. The van der Waals surface area contributed by atoms with Crippen LogP contribution < -0.4 is 4.74 Å². The minimum Gasteiger partial charge on any atom is -0.491 e. The molecule has 1 atom stereocenters. The maximum Gasteiger partial charge on any atom is 0.414 e. The molecular weight excluding hydrogens is 416 g/mol. The smallest absolute Gasteiger partial charge is 0.414 e. The maximum absolute atomic E-state index is 11.5. The third-order valence-corrected chi connectivity index (χ3v) is 5.16. The van der Waals surface area contributed by atoms with E-state index in [9.17, 15) is 9.90 Å². The summed E-state index contributed by atoms with van der Waals surface area (Å²) in [4.78, 5) is 33.8. The number of aryl methyl sites for hydroxylation is 1.